The molecule has 0 radical (unpaired) electrons. The number of rotatable bonds is 8. The number of alkyl halides is 3. The Labute approximate surface area is 213 Å². The molecule has 0 fully saturated rings. The number of nitrogens with zero attached hydrogens (tertiary/aromatic N) is 4. The number of aromatic nitrogens is 4. The van der Waals surface area contributed by atoms with Crippen molar-refractivity contribution in [3.05, 3.63) is 99.2 Å². The van der Waals surface area contributed by atoms with Crippen molar-refractivity contribution in [1.82, 2.24) is 19.9 Å². The summed E-state index contributed by atoms with van der Waals surface area (Å²) in [5, 5.41) is 9.91. The second kappa shape index (κ2) is 11.1. The van der Waals surface area contributed by atoms with E-state index in [-0.39, 0.29) is 28.6 Å². The number of hydrogen-bond acceptors (Lipinski definition) is 8. The first kappa shape index (κ1) is 25.7. The Bertz CT molecular complexity index is 1500. The number of nitriles is 1. The standard InChI is InChI=1S/C25H18F3N5O3S/c1-35-23-30-11-16(12-31-23)8-18-13-32-24(33-22(18)34)37-14-15-5-6-21(17(7-15)10-29)36-20-4-2-3-19(9-20)25(26,27)28/h2-7,9,11-13H,8,14H2,1H3,(H,32,33,34). The molecule has 12 heteroatoms. The van der Waals surface area contributed by atoms with Crippen LogP contribution in [0.5, 0.6) is 17.5 Å². The average molecular weight is 526 g/mol. The molecule has 0 saturated carbocycles. The van der Waals surface area contributed by atoms with Crippen LogP contribution in [0.2, 0.25) is 0 Å². The van der Waals surface area contributed by atoms with Crippen LogP contribution in [0.4, 0.5) is 13.2 Å². The zero-order valence-corrected chi connectivity index (χ0v) is 20.1. The van der Waals surface area contributed by atoms with E-state index in [0.29, 0.717) is 22.9 Å². The zero-order valence-electron chi connectivity index (χ0n) is 19.2. The van der Waals surface area contributed by atoms with Gasteiger partial charge in [0, 0.05) is 36.3 Å². The van der Waals surface area contributed by atoms with Gasteiger partial charge in [-0.05, 0) is 41.5 Å². The van der Waals surface area contributed by atoms with E-state index in [1.165, 1.54) is 43.3 Å². The molecule has 8 nitrogen and oxygen atoms in total. The summed E-state index contributed by atoms with van der Waals surface area (Å²) in [6.07, 6.45) is 0.423. The quantitative estimate of drug-likeness (QED) is 0.249. The molecule has 0 aliphatic heterocycles. The van der Waals surface area contributed by atoms with Gasteiger partial charge in [-0.25, -0.2) is 15.0 Å². The topological polar surface area (TPSA) is 114 Å². The molecule has 2 heterocycles. The molecule has 4 rings (SSSR count). The van der Waals surface area contributed by atoms with E-state index >= 15 is 0 Å². The lowest BCUT2D eigenvalue weighted by Crippen LogP contribution is -2.15. The van der Waals surface area contributed by atoms with Crippen molar-refractivity contribution in [2.75, 3.05) is 7.11 Å². The van der Waals surface area contributed by atoms with Crippen molar-refractivity contribution in [3.8, 4) is 23.6 Å². The van der Waals surface area contributed by atoms with Gasteiger partial charge in [0.1, 0.15) is 17.6 Å². The van der Waals surface area contributed by atoms with Gasteiger partial charge in [0.15, 0.2) is 5.16 Å². The first-order valence-electron chi connectivity index (χ1n) is 10.7. The highest BCUT2D eigenvalue weighted by Crippen LogP contribution is 2.34. The molecule has 4 aromatic rings. The second-order valence-electron chi connectivity index (χ2n) is 7.66. The first-order valence-corrected chi connectivity index (χ1v) is 11.7. The maximum absolute atomic E-state index is 13.0. The van der Waals surface area contributed by atoms with E-state index in [1.54, 1.807) is 24.5 Å². The second-order valence-corrected chi connectivity index (χ2v) is 8.62. The highest BCUT2D eigenvalue weighted by molar-refractivity contribution is 7.98. The van der Waals surface area contributed by atoms with Gasteiger partial charge in [-0.1, -0.05) is 23.9 Å². The van der Waals surface area contributed by atoms with E-state index in [1.807, 2.05) is 6.07 Å². The van der Waals surface area contributed by atoms with E-state index < -0.39 is 11.7 Å². The van der Waals surface area contributed by atoms with Crippen LogP contribution in [-0.2, 0) is 18.3 Å². The maximum atomic E-state index is 13.0. The summed E-state index contributed by atoms with van der Waals surface area (Å²) in [5.74, 6) is 0.484. The fourth-order valence-corrected chi connectivity index (χ4v) is 4.00. The normalized spacial score (nSPS) is 11.1. The van der Waals surface area contributed by atoms with Crippen molar-refractivity contribution in [2.24, 2.45) is 0 Å². The molecular formula is C25H18F3N5O3S. The van der Waals surface area contributed by atoms with Crippen molar-refractivity contribution >= 4 is 11.8 Å². The van der Waals surface area contributed by atoms with Gasteiger partial charge >= 0.3 is 12.2 Å². The van der Waals surface area contributed by atoms with Crippen molar-refractivity contribution in [3.63, 3.8) is 0 Å². The predicted octanol–water partition coefficient (Wildman–Crippen LogP) is 5.13. The molecular weight excluding hydrogens is 507 g/mol. The van der Waals surface area contributed by atoms with Gasteiger partial charge in [0.05, 0.1) is 18.2 Å². The van der Waals surface area contributed by atoms with Crippen LogP contribution in [0.3, 0.4) is 0 Å². The Morgan fingerprint density at radius 3 is 2.51 bits per heavy atom. The summed E-state index contributed by atoms with van der Waals surface area (Å²) in [6, 6.07) is 11.4. The maximum Gasteiger partial charge on any atom is 0.416 e. The minimum absolute atomic E-state index is 0.0310. The Hall–Kier alpha value is -4.37. The Morgan fingerprint density at radius 2 is 1.84 bits per heavy atom. The largest absolute Gasteiger partial charge is 0.467 e. The van der Waals surface area contributed by atoms with Crippen LogP contribution in [0, 0.1) is 11.3 Å². The Kier molecular flexibility index (Phi) is 7.74. The SMILES string of the molecule is COc1ncc(Cc2cnc(SCc3ccc(Oc4cccc(C(F)(F)F)c4)c(C#N)c3)[nH]c2=O)cn1. The summed E-state index contributed by atoms with van der Waals surface area (Å²) in [5.41, 5.74) is 0.928. The number of aromatic amines is 1. The van der Waals surface area contributed by atoms with Crippen LogP contribution in [0.25, 0.3) is 0 Å². The average Bonchev–Trinajstić information content (AvgIpc) is 2.89. The van der Waals surface area contributed by atoms with Gasteiger partial charge < -0.3 is 14.5 Å². The van der Waals surface area contributed by atoms with Crippen molar-refractivity contribution in [1.29, 1.82) is 5.26 Å². The molecule has 2 aromatic carbocycles. The molecule has 37 heavy (non-hydrogen) atoms. The third kappa shape index (κ3) is 6.65. The molecule has 0 aliphatic rings. The van der Waals surface area contributed by atoms with Crippen LogP contribution in [-0.4, -0.2) is 27.0 Å². The van der Waals surface area contributed by atoms with Gasteiger partial charge in [-0.15, -0.1) is 0 Å². The van der Waals surface area contributed by atoms with Gasteiger partial charge in [-0.2, -0.15) is 18.4 Å². The Morgan fingerprint density at radius 1 is 1.05 bits per heavy atom. The Balaban J connectivity index is 1.41. The number of halogens is 3. The fraction of sp³-hybridized carbons (Fsp3) is 0.160. The highest BCUT2D eigenvalue weighted by Gasteiger charge is 2.30. The molecule has 0 spiro atoms. The lowest BCUT2D eigenvalue weighted by atomic mass is 10.1. The summed E-state index contributed by atoms with van der Waals surface area (Å²) in [6.45, 7) is 0. The monoisotopic (exact) mass is 525 g/mol. The van der Waals surface area contributed by atoms with Crippen LogP contribution in [0.15, 0.2) is 71.0 Å². The predicted molar refractivity (Wildman–Crippen MR) is 128 cm³/mol. The van der Waals surface area contributed by atoms with Crippen LogP contribution < -0.4 is 15.0 Å². The third-order valence-electron chi connectivity index (χ3n) is 5.04. The third-order valence-corrected chi connectivity index (χ3v) is 6.00. The first-order chi connectivity index (χ1) is 17.7. The summed E-state index contributed by atoms with van der Waals surface area (Å²) >= 11 is 1.26. The van der Waals surface area contributed by atoms with Gasteiger partial charge in [0.2, 0.25) is 0 Å². The molecule has 0 unspecified atom stereocenters. The van der Waals surface area contributed by atoms with Crippen molar-refractivity contribution in [2.45, 2.75) is 23.5 Å². The molecule has 188 valence electrons. The minimum atomic E-state index is -4.50. The van der Waals surface area contributed by atoms with E-state index in [4.69, 9.17) is 9.47 Å². The number of hydrogen-bond donors (Lipinski definition) is 1. The molecule has 0 atom stereocenters. The summed E-state index contributed by atoms with van der Waals surface area (Å²) < 4.78 is 49.3. The summed E-state index contributed by atoms with van der Waals surface area (Å²) in [4.78, 5) is 27.5. The fourth-order valence-electron chi connectivity index (χ4n) is 3.22. The number of methoxy groups -OCH3 is 1. The molecule has 0 aliphatic carbocycles. The molecule has 0 amide bonds. The van der Waals surface area contributed by atoms with Gasteiger partial charge in [-0.3, -0.25) is 4.79 Å². The van der Waals surface area contributed by atoms with Gasteiger partial charge in [0.25, 0.3) is 5.56 Å². The molecule has 2 aromatic heterocycles. The minimum Gasteiger partial charge on any atom is -0.467 e. The van der Waals surface area contributed by atoms with Crippen molar-refractivity contribution < 1.29 is 22.6 Å². The van der Waals surface area contributed by atoms with E-state index in [0.717, 1.165) is 23.3 Å². The highest BCUT2D eigenvalue weighted by atomic mass is 32.2. The number of H-pyrrole nitrogens is 1. The number of benzene rings is 2. The molecule has 0 bridgehead atoms. The molecule has 0 saturated heterocycles. The molecule has 1 N–H and O–H groups in total. The van der Waals surface area contributed by atoms with E-state index in [9.17, 15) is 23.2 Å². The number of nitrogens with one attached hydrogen (secondary N) is 1. The lowest BCUT2D eigenvalue weighted by molar-refractivity contribution is -0.137. The number of ether oxygens (including phenoxy) is 2. The lowest BCUT2D eigenvalue weighted by Gasteiger charge is -2.11. The van der Waals surface area contributed by atoms with Crippen LogP contribution in [0.1, 0.15) is 27.8 Å². The smallest absolute Gasteiger partial charge is 0.416 e. The summed E-state index contributed by atoms with van der Waals surface area (Å²) in [7, 11) is 1.46. The van der Waals surface area contributed by atoms with E-state index in [2.05, 4.69) is 19.9 Å². The van der Waals surface area contributed by atoms with Crippen LogP contribution >= 0.6 is 11.8 Å². The zero-order chi connectivity index (χ0) is 26.4. The number of thioether (sulfide) groups is 1.